The molecule has 37 heavy (non-hydrogen) atoms. The first-order valence-corrected chi connectivity index (χ1v) is 11.2. The fourth-order valence-corrected chi connectivity index (χ4v) is 5.15. The van der Waals surface area contributed by atoms with Crippen LogP contribution in [0.15, 0.2) is 48.5 Å². The van der Waals surface area contributed by atoms with Crippen molar-refractivity contribution in [2.45, 2.75) is 38.2 Å². The predicted molar refractivity (Wildman–Crippen MR) is 113 cm³/mol. The first-order chi connectivity index (χ1) is 17.2. The lowest BCUT2D eigenvalue weighted by atomic mass is 9.77. The monoisotopic (exact) mass is 530 g/mol. The molecule has 2 bridgehead atoms. The third-order valence-electron chi connectivity index (χ3n) is 6.56. The minimum atomic E-state index is -4.69. The molecule has 2 fully saturated rings. The van der Waals surface area contributed by atoms with Gasteiger partial charge in [-0.2, -0.15) is 26.3 Å². The van der Waals surface area contributed by atoms with Crippen LogP contribution in [0.5, 0.6) is 11.5 Å². The SMILES string of the molecule is CC(=O)OC1CC2CC1C(C(=O)Oc1cccc(C(F)(F)F)c1)C2C(=O)Oc1cccc(C(F)(F)F)c1. The number of halogens is 6. The maximum absolute atomic E-state index is 13.1. The number of ether oxygens (including phenoxy) is 3. The average Bonchev–Trinajstić information content (AvgIpc) is 3.36. The van der Waals surface area contributed by atoms with Crippen LogP contribution in [0.1, 0.15) is 30.9 Å². The van der Waals surface area contributed by atoms with E-state index in [1.54, 1.807) is 0 Å². The van der Waals surface area contributed by atoms with Crippen molar-refractivity contribution in [3.63, 3.8) is 0 Å². The van der Waals surface area contributed by atoms with Gasteiger partial charge in [0.05, 0.1) is 23.0 Å². The Bertz CT molecular complexity index is 1210. The van der Waals surface area contributed by atoms with Crippen LogP contribution in [0.2, 0.25) is 0 Å². The molecule has 198 valence electrons. The van der Waals surface area contributed by atoms with Gasteiger partial charge in [-0.3, -0.25) is 14.4 Å². The topological polar surface area (TPSA) is 78.9 Å². The van der Waals surface area contributed by atoms with Crippen LogP contribution in [-0.4, -0.2) is 24.0 Å². The molecular weight excluding hydrogens is 510 g/mol. The molecule has 0 amide bonds. The number of hydrogen-bond acceptors (Lipinski definition) is 6. The summed E-state index contributed by atoms with van der Waals surface area (Å²) < 4.78 is 94.0. The van der Waals surface area contributed by atoms with E-state index in [4.69, 9.17) is 14.2 Å². The molecule has 12 heteroatoms. The van der Waals surface area contributed by atoms with Crippen molar-refractivity contribution in [2.24, 2.45) is 23.7 Å². The number of rotatable bonds is 5. The second-order valence-electron chi connectivity index (χ2n) is 8.99. The molecule has 0 N–H and O–H groups in total. The Morgan fingerprint density at radius 3 is 1.70 bits per heavy atom. The van der Waals surface area contributed by atoms with Gasteiger partial charge in [-0.25, -0.2) is 0 Å². The van der Waals surface area contributed by atoms with Crippen LogP contribution in [-0.2, 0) is 31.5 Å². The minimum Gasteiger partial charge on any atom is -0.462 e. The normalized spacial score (nSPS) is 25.0. The fraction of sp³-hybridized carbons (Fsp3) is 0.400. The van der Waals surface area contributed by atoms with Crippen molar-refractivity contribution < 1.29 is 54.9 Å². The molecule has 0 heterocycles. The summed E-state index contributed by atoms with van der Waals surface area (Å²) in [6.45, 7) is 1.17. The Labute approximate surface area is 206 Å². The van der Waals surface area contributed by atoms with E-state index < -0.39 is 76.9 Å². The van der Waals surface area contributed by atoms with Crippen molar-refractivity contribution in [3.05, 3.63) is 59.7 Å². The lowest BCUT2D eigenvalue weighted by Gasteiger charge is -2.32. The van der Waals surface area contributed by atoms with Crippen molar-refractivity contribution >= 4 is 17.9 Å². The van der Waals surface area contributed by atoms with Crippen molar-refractivity contribution in [2.75, 3.05) is 0 Å². The lowest BCUT2D eigenvalue weighted by Crippen LogP contribution is -2.44. The molecule has 0 saturated heterocycles. The smallest absolute Gasteiger partial charge is 0.416 e. The molecule has 2 saturated carbocycles. The Kier molecular flexibility index (Phi) is 6.95. The van der Waals surface area contributed by atoms with Crippen LogP contribution >= 0.6 is 0 Å². The molecule has 0 aliphatic heterocycles. The Morgan fingerprint density at radius 2 is 1.24 bits per heavy atom. The van der Waals surface area contributed by atoms with Gasteiger partial charge in [0.1, 0.15) is 17.6 Å². The van der Waals surface area contributed by atoms with Gasteiger partial charge in [-0.15, -0.1) is 0 Å². The zero-order valence-corrected chi connectivity index (χ0v) is 19.1. The number of carbonyl (C=O) groups excluding carboxylic acids is 3. The van der Waals surface area contributed by atoms with Gasteiger partial charge in [0, 0.05) is 12.8 Å². The number of fused-ring (bicyclic) bond motifs is 2. The van der Waals surface area contributed by atoms with E-state index in [2.05, 4.69) is 0 Å². The highest BCUT2D eigenvalue weighted by molar-refractivity contribution is 5.86. The van der Waals surface area contributed by atoms with E-state index in [1.165, 1.54) is 6.92 Å². The zero-order chi connectivity index (χ0) is 27.1. The molecule has 0 aromatic heterocycles. The van der Waals surface area contributed by atoms with Gasteiger partial charge < -0.3 is 14.2 Å². The summed E-state index contributed by atoms with van der Waals surface area (Å²) in [7, 11) is 0. The van der Waals surface area contributed by atoms with Crippen LogP contribution in [0.25, 0.3) is 0 Å². The minimum absolute atomic E-state index is 0.208. The largest absolute Gasteiger partial charge is 0.462 e. The van der Waals surface area contributed by atoms with Gasteiger partial charge in [0.2, 0.25) is 0 Å². The lowest BCUT2D eigenvalue weighted by molar-refractivity contribution is -0.162. The number of hydrogen-bond donors (Lipinski definition) is 0. The molecular formula is C25H20F6O6. The van der Waals surface area contributed by atoms with E-state index in [-0.39, 0.29) is 18.6 Å². The number of alkyl halides is 6. The van der Waals surface area contributed by atoms with E-state index in [0.29, 0.717) is 12.1 Å². The van der Waals surface area contributed by atoms with Crippen LogP contribution < -0.4 is 9.47 Å². The van der Waals surface area contributed by atoms with Crippen LogP contribution in [0, 0.1) is 23.7 Å². The molecule has 6 nitrogen and oxygen atoms in total. The number of esters is 3. The van der Waals surface area contributed by atoms with Gasteiger partial charge in [0.15, 0.2) is 0 Å². The van der Waals surface area contributed by atoms with Crippen LogP contribution in [0.4, 0.5) is 26.3 Å². The quantitative estimate of drug-likeness (QED) is 0.291. The molecule has 5 atom stereocenters. The molecule has 2 aliphatic rings. The van der Waals surface area contributed by atoms with Gasteiger partial charge in [0.25, 0.3) is 0 Å². The van der Waals surface area contributed by atoms with E-state index in [0.717, 1.165) is 36.4 Å². The summed E-state index contributed by atoms with van der Waals surface area (Å²) in [5.74, 6) is -7.06. The van der Waals surface area contributed by atoms with E-state index in [1.807, 2.05) is 0 Å². The Balaban J connectivity index is 1.59. The molecule has 2 aromatic rings. The van der Waals surface area contributed by atoms with Gasteiger partial charge >= 0.3 is 30.3 Å². The van der Waals surface area contributed by atoms with Gasteiger partial charge in [-0.1, -0.05) is 12.1 Å². The highest BCUT2D eigenvalue weighted by Gasteiger charge is 2.60. The average molecular weight is 530 g/mol. The summed E-state index contributed by atoms with van der Waals surface area (Å²) in [6.07, 6.45) is -9.64. The van der Waals surface area contributed by atoms with Gasteiger partial charge in [-0.05, 0) is 55.2 Å². The molecule has 0 spiro atoms. The fourth-order valence-electron chi connectivity index (χ4n) is 5.15. The third-order valence-corrected chi connectivity index (χ3v) is 6.56. The summed E-state index contributed by atoms with van der Waals surface area (Å²) in [6, 6.07) is 7.26. The molecule has 0 radical (unpaired) electrons. The summed E-state index contributed by atoms with van der Waals surface area (Å²) in [5.41, 5.74) is -2.09. The highest BCUT2D eigenvalue weighted by atomic mass is 19.4. The summed E-state index contributed by atoms with van der Waals surface area (Å²) >= 11 is 0. The molecule has 2 aromatic carbocycles. The zero-order valence-electron chi connectivity index (χ0n) is 19.1. The number of benzene rings is 2. The standard InChI is InChI=1S/C25H20F6O6/c1-12(32)35-19-9-13-8-18(19)21(23(34)37-17-7-3-5-15(11-17)25(29,30)31)20(13)22(33)36-16-6-2-4-14(10-16)24(26,27)28/h2-7,10-11,13,18-21H,8-9H2,1H3. The maximum atomic E-state index is 13.1. The first-order valence-electron chi connectivity index (χ1n) is 11.2. The van der Waals surface area contributed by atoms with Crippen molar-refractivity contribution in [1.29, 1.82) is 0 Å². The Morgan fingerprint density at radius 1 is 0.757 bits per heavy atom. The van der Waals surface area contributed by atoms with Crippen molar-refractivity contribution in [3.8, 4) is 11.5 Å². The van der Waals surface area contributed by atoms with Crippen LogP contribution in [0.3, 0.4) is 0 Å². The Hall–Kier alpha value is -3.57. The maximum Gasteiger partial charge on any atom is 0.416 e. The second-order valence-corrected chi connectivity index (χ2v) is 8.99. The van der Waals surface area contributed by atoms with E-state index >= 15 is 0 Å². The number of carbonyl (C=O) groups is 3. The van der Waals surface area contributed by atoms with E-state index in [9.17, 15) is 40.7 Å². The summed E-state index contributed by atoms with van der Waals surface area (Å²) in [4.78, 5) is 37.7. The highest BCUT2D eigenvalue weighted by Crippen LogP contribution is 2.54. The third kappa shape index (κ3) is 5.72. The molecule has 4 rings (SSSR count). The molecule has 5 unspecified atom stereocenters. The second kappa shape index (κ2) is 9.71. The first kappa shape index (κ1) is 26.5. The molecule has 2 aliphatic carbocycles. The van der Waals surface area contributed by atoms with Crippen molar-refractivity contribution in [1.82, 2.24) is 0 Å². The summed E-state index contributed by atoms with van der Waals surface area (Å²) in [5, 5.41) is 0. The predicted octanol–water partition coefficient (Wildman–Crippen LogP) is 5.44.